The molecule has 1 aromatic heterocycles. The van der Waals surface area contributed by atoms with Crippen LogP contribution < -0.4 is 10.1 Å². The first kappa shape index (κ1) is 18.6. The summed E-state index contributed by atoms with van der Waals surface area (Å²) in [5.74, 6) is 1.64. The molecule has 1 N–H and O–H groups in total. The average Bonchev–Trinajstić information content (AvgIpc) is 3.46. The van der Waals surface area contributed by atoms with Gasteiger partial charge in [0.25, 0.3) is 5.91 Å². The quantitative estimate of drug-likeness (QED) is 0.836. The zero-order valence-electron chi connectivity index (χ0n) is 16.3. The van der Waals surface area contributed by atoms with Crippen molar-refractivity contribution in [3.8, 4) is 5.75 Å². The van der Waals surface area contributed by atoms with Crippen molar-refractivity contribution < 1.29 is 14.3 Å². The van der Waals surface area contributed by atoms with Crippen LogP contribution in [0.5, 0.6) is 5.75 Å². The van der Waals surface area contributed by atoms with E-state index in [4.69, 9.17) is 4.74 Å². The summed E-state index contributed by atoms with van der Waals surface area (Å²) >= 11 is 0. The Morgan fingerprint density at radius 1 is 1.25 bits per heavy atom. The van der Waals surface area contributed by atoms with E-state index in [0.717, 1.165) is 23.4 Å². The molecule has 6 heteroatoms. The summed E-state index contributed by atoms with van der Waals surface area (Å²) < 4.78 is 7.69. The number of aromatic nitrogens is 1. The highest BCUT2D eigenvalue weighted by Crippen LogP contribution is 2.28. The number of nitrogens with one attached hydrogen (secondary N) is 1. The second-order valence-corrected chi connectivity index (χ2v) is 7.77. The van der Waals surface area contributed by atoms with E-state index in [2.05, 4.69) is 11.4 Å². The summed E-state index contributed by atoms with van der Waals surface area (Å²) in [4.78, 5) is 26.7. The normalized spacial score (nSPS) is 16.1. The molecule has 1 aliphatic carbocycles. The first-order valence-corrected chi connectivity index (χ1v) is 10.0. The van der Waals surface area contributed by atoms with Crippen molar-refractivity contribution in [3.63, 3.8) is 0 Å². The minimum atomic E-state index is 0.00815. The number of nitrogens with zero attached hydrogens (tertiary/aromatic N) is 2. The number of hydrogen-bond donors (Lipinski definition) is 1. The smallest absolute Gasteiger partial charge is 0.270 e. The highest BCUT2D eigenvalue weighted by molar-refractivity contribution is 5.92. The van der Waals surface area contributed by atoms with Gasteiger partial charge in [0.1, 0.15) is 18.1 Å². The Balaban J connectivity index is 1.40. The second-order valence-electron chi connectivity index (χ2n) is 7.77. The van der Waals surface area contributed by atoms with Crippen molar-refractivity contribution in [3.05, 3.63) is 53.3 Å². The standard InChI is InChI=1S/C22H27N3O3/c1-24-10-2-3-19(24)22(27)25-11-12-28-20-8-6-16(13-18(20)15-25)7-9-21(26)23-14-17-4-5-17/h2-3,6,8,10,13,17H,4-5,7,9,11-12,14-15H2,1H3,(H,23,26). The van der Waals surface area contributed by atoms with Gasteiger partial charge in [-0.15, -0.1) is 0 Å². The van der Waals surface area contributed by atoms with E-state index in [0.29, 0.717) is 44.1 Å². The summed E-state index contributed by atoms with van der Waals surface area (Å²) in [5.41, 5.74) is 2.76. The van der Waals surface area contributed by atoms with E-state index in [1.807, 2.05) is 47.0 Å². The van der Waals surface area contributed by atoms with E-state index in [-0.39, 0.29) is 11.8 Å². The lowest BCUT2D eigenvalue weighted by molar-refractivity contribution is -0.121. The van der Waals surface area contributed by atoms with Crippen molar-refractivity contribution in [2.45, 2.75) is 32.2 Å². The van der Waals surface area contributed by atoms with Crippen molar-refractivity contribution in [1.29, 1.82) is 0 Å². The SMILES string of the molecule is Cn1cccc1C(=O)N1CCOc2ccc(CCC(=O)NCC3CC3)cc2C1. The number of carbonyl (C=O) groups is 2. The number of aryl methyl sites for hydroxylation is 2. The Bertz CT molecular complexity index is 870. The van der Waals surface area contributed by atoms with Crippen LogP contribution in [0.4, 0.5) is 0 Å². The first-order chi connectivity index (χ1) is 13.6. The number of amides is 2. The molecule has 2 aliphatic rings. The van der Waals surface area contributed by atoms with Crippen LogP contribution in [0.1, 0.15) is 40.9 Å². The highest BCUT2D eigenvalue weighted by Gasteiger charge is 2.23. The third-order valence-electron chi connectivity index (χ3n) is 5.48. The molecule has 0 atom stereocenters. The van der Waals surface area contributed by atoms with Crippen LogP contribution in [0.2, 0.25) is 0 Å². The minimum absolute atomic E-state index is 0.00815. The van der Waals surface area contributed by atoms with E-state index in [9.17, 15) is 9.59 Å². The lowest BCUT2D eigenvalue weighted by Crippen LogP contribution is -2.33. The van der Waals surface area contributed by atoms with Crippen molar-refractivity contribution >= 4 is 11.8 Å². The number of rotatable bonds is 6. The van der Waals surface area contributed by atoms with E-state index >= 15 is 0 Å². The van der Waals surface area contributed by atoms with Gasteiger partial charge < -0.3 is 19.5 Å². The fourth-order valence-corrected chi connectivity index (χ4v) is 3.55. The summed E-state index contributed by atoms with van der Waals surface area (Å²) in [7, 11) is 1.88. The molecule has 2 heterocycles. The van der Waals surface area contributed by atoms with Gasteiger partial charge in [0.05, 0.1) is 6.54 Å². The Morgan fingerprint density at radius 3 is 2.86 bits per heavy atom. The molecule has 1 aliphatic heterocycles. The summed E-state index contributed by atoms with van der Waals surface area (Å²) in [6.45, 7) is 2.36. The number of ether oxygens (including phenoxy) is 1. The summed E-state index contributed by atoms with van der Waals surface area (Å²) in [6, 6.07) is 9.76. The average molecular weight is 381 g/mol. The molecule has 0 radical (unpaired) electrons. The highest BCUT2D eigenvalue weighted by atomic mass is 16.5. The largest absolute Gasteiger partial charge is 0.491 e. The number of benzene rings is 1. The van der Waals surface area contributed by atoms with Crippen LogP contribution in [-0.4, -0.2) is 41.0 Å². The first-order valence-electron chi connectivity index (χ1n) is 10.0. The summed E-state index contributed by atoms with van der Waals surface area (Å²) in [6.07, 6.45) is 5.53. The van der Waals surface area contributed by atoms with E-state index < -0.39 is 0 Å². The Morgan fingerprint density at radius 2 is 2.11 bits per heavy atom. The molecule has 0 bridgehead atoms. The zero-order chi connectivity index (χ0) is 19.5. The molecule has 1 fully saturated rings. The van der Waals surface area contributed by atoms with Crippen molar-refractivity contribution in [2.75, 3.05) is 19.7 Å². The van der Waals surface area contributed by atoms with Crippen LogP contribution in [0.3, 0.4) is 0 Å². The predicted octanol–water partition coefficient (Wildman–Crippen LogP) is 2.52. The third kappa shape index (κ3) is 4.38. The lowest BCUT2D eigenvalue weighted by Gasteiger charge is -2.20. The molecule has 1 aromatic carbocycles. The maximum atomic E-state index is 12.9. The maximum absolute atomic E-state index is 12.9. The molecule has 2 amide bonds. The van der Waals surface area contributed by atoms with Gasteiger partial charge in [-0.3, -0.25) is 9.59 Å². The third-order valence-corrected chi connectivity index (χ3v) is 5.48. The van der Waals surface area contributed by atoms with Gasteiger partial charge in [-0.05, 0) is 48.9 Å². The van der Waals surface area contributed by atoms with Gasteiger partial charge in [-0.1, -0.05) is 12.1 Å². The maximum Gasteiger partial charge on any atom is 0.270 e. The van der Waals surface area contributed by atoms with Crippen LogP contribution in [0.15, 0.2) is 36.5 Å². The van der Waals surface area contributed by atoms with E-state index in [1.54, 1.807) is 0 Å². The van der Waals surface area contributed by atoms with Gasteiger partial charge in [-0.25, -0.2) is 0 Å². The van der Waals surface area contributed by atoms with E-state index in [1.165, 1.54) is 12.8 Å². The van der Waals surface area contributed by atoms with Crippen molar-refractivity contribution in [2.24, 2.45) is 13.0 Å². The minimum Gasteiger partial charge on any atom is -0.491 e. The van der Waals surface area contributed by atoms with Gasteiger partial charge in [0.15, 0.2) is 0 Å². The molecule has 0 unspecified atom stereocenters. The predicted molar refractivity (Wildman–Crippen MR) is 106 cm³/mol. The zero-order valence-corrected chi connectivity index (χ0v) is 16.3. The topological polar surface area (TPSA) is 63.6 Å². The van der Waals surface area contributed by atoms with Crippen LogP contribution in [-0.2, 0) is 24.8 Å². The van der Waals surface area contributed by atoms with Gasteiger partial charge >= 0.3 is 0 Å². The van der Waals surface area contributed by atoms with Crippen molar-refractivity contribution in [1.82, 2.24) is 14.8 Å². The Hall–Kier alpha value is -2.76. The Labute approximate surface area is 165 Å². The lowest BCUT2D eigenvalue weighted by atomic mass is 10.0. The molecule has 148 valence electrons. The molecule has 4 rings (SSSR count). The molecule has 28 heavy (non-hydrogen) atoms. The number of hydrogen-bond acceptors (Lipinski definition) is 3. The van der Waals surface area contributed by atoms with Crippen LogP contribution >= 0.6 is 0 Å². The molecule has 6 nitrogen and oxygen atoms in total. The monoisotopic (exact) mass is 381 g/mol. The fourth-order valence-electron chi connectivity index (χ4n) is 3.55. The number of carbonyl (C=O) groups excluding carboxylic acids is 2. The van der Waals surface area contributed by atoms with Crippen LogP contribution in [0.25, 0.3) is 0 Å². The molecular formula is C22H27N3O3. The second kappa shape index (κ2) is 8.09. The Kier molecular flexibility index (Phi) is 5.37. The summed E-state index contributed by atoms with van der Waals surface area (Å²) in [5, 5.41) is 3.01. The van der Waals surface area contributed by atoms with Gasteiger partial charge in [0.2, 0.25) is 5.91 Å². The van der Waals surface area contributed by atoms with Gasteiger partial charge in [-0.2, -0.15) is 0 Å². The van der Waals surface area contributed by atoms with Gasteiger partial charge in [0, 0.05) is 38.3 Å². The fraction of sp³-hybridized carbons (Fsp3) is 0.455. The van der Waals surface area contributed by atoms with Crippen LogP contribution in [0, 0.1) is 5.92 Å². The molecule has 2 aromatic rings. The number of fused-ring (bicyclic) bond motifs is 1. The molecule has 0 spiro atoms. The molecule has 0 saturated heterocycles. The molecular weight excluding hydrogens is 354 g/mol. The molecule has 1 saturated carbocycles.